The van der Waals surface area contributed by atoms with Crippen LogP contribution in [0.15, 0.2) is 54.7 Å². The van der Waals surface area contributed by atoms with E-state index in [1.807, 2.05) is 11.8 Å². The Morgan fingerprint density at radius 2 is 1.83 bits per heavy atom. The number of hydrogen-bond acceptors (Lipinski definition) is 4. The molecule has 1 aromatic heterocycles. The molecule has 0 spiro atoms. The first kappa shape index (κ1) is 24.5. The Hall–Kier alpha value is -3.58. The molecule has 0 unspecified atom stereocenters. The van der Waals surface area contributed by atoms with Gasteiger partial charge in [0.05, 0.1) is 10.6 Å². The molecule has 1 amide bonds. The zero-order valence-electron chi connectivity index (χ0n) is 19.4. The molecule has 2 aromatic carbocycles. The molecule has 6 nitrogen and oxygen atoms in total. The largest absolute Gasteiger partial charge is 0.357 e. The van der Waals surface area contributed by atoms with Gasteiger partial charge in [-0.2, -0.15) is 0 Å². The number of hydrogen-bond donors (Lipinski definition) is 2. The van der Waals surface area contributed by atoms with Gasteiger partial charge in [0.2, 0.25) is 0 Å². The van der Waals surface area contributed by atoms with Gasteiger partial charge in [0.25, 0.3) is 5.91 Å². The van der Waals surface area contributed by atoms with Crippen molar-refractivity contribution >= 4 is 34.9 Å². The highest BCUT2D eigenvalue weighted by Crippen LogP contribution is 2.20. The number of benzene rings is 2. The number of amidine groups is 1. The topological polar surface area (TPSA) is 86.2 Å². The standard InChI is InChI=1S/C27H26ClFN4O2/c1-17-5-6-18(22(13-17)27(35)32-25-10-8-20(28)16-31-25)15-24(34)21-9-7-19(14-23(21)29)26(30)33-11-3-2-4-12-33/h5-10,13-14,16,30H,2-4,11-12,15H2,1H3,(H,31,32,35). The Morgan fingerprint density at radius 1 is 1.06 bits per heavy atom. The lowest BCUT2D eigenvalue weighted by Crippen LogP contribution is -2.35. The first-order valence-electron chi connectivity index (χ1n) is 11.5. The third-order valence-corrected chi connectivity index (χ3v) is 6.27. The van der Waals surface area contributed by atoms with Gasteiger partial charge >= 0.3 is 0 Å². The van der Waals surface area contributed by atoms with Crippen molar-refractivity contribution in [2.45, 2.75) is 32.6 Å². The van der Waals surface area contributed by atoms with Crippen molar-refractivity contribution in [1.82, 2.24) is 9.88 Å². The minimum Gasteiger partial charge on any atom is -0.357 e. The number of pyridine rings is 1. The smallest absolute Gasteiger partial charge is 0.257 e. The zero-order valence-corrected chi connectivity index (χ0v) is 20.2. The predicted octanol–water partition coefficient (Wildman–Crippen LogP) is 5.67. The van der Waals surface area contributed by atoms with Gasteiger partial charge in [0.1, 0.15) is 17.5 Å². The minimum atomic E-state index is -0.669. The molecule has 0 atom stereocenters. The maximum absolute atomic E-state index is 14.9. The van der Waals surface area contributed by atoms with Crippen LogP contribution in [0.5, 0.6) is 0 Å². The van der Waals surface area contributed by atoms with E-state index in [1.165, 1.54) is 18.3 Å². The fourth-order valence-electron chi connectivity index (χ4n) is 4.15. The fraction of sp³-hybridized carbons (Fsp3) is 0.259. The molecule has 2 N–H and O–H groups in total. The molecule has 180 valence electrons. The van der Waals surface area contributed by atoms with Crippen molar-refractivity contribution in [2.75, 3.05) is 18.4 Å². The Kier molecular flexibility index (Phi) is 7.56. The molecule has 35 heavy (non-hydrogen) atoms. The van der Waals surface area contributed by atoms with Crippen molar-refractivity contribution in [3.63, 3.8) is 0 Å². The van der Waals surface area contributed by atoms with Gasteiger partial charge in [-0.05, 0) is 62.1 Å². The van der Waals surface area contributed by atoms with Gasteiger partial charge in [-0.3, -0.25) is 15.0 Å². The number of carbonyl (C=O) groups is 2. The van der Waals surface area contributed by atoms with Crippen LogP contribution in [0, 0.1) is 18.2 Å². The SMILES string of the molecule is Cc1ccc(CC(=O)c2ccc(C(=N)N3CCCCC3)cc2F)c(C(=O)Nc2ccc(Cl)cn2)c1. The van der Waals surface area contributed by atoms with Crippen LogP contribution in [-0.2, 0) is 6.42 Å². The molecule has 1 saturated heterocycles. The van der Waals surface area contributed by atoms with E-state index in [9.17, 15) is 14.0 Å². The molecule has 0 aliphatic carbocycles. The second kappa shape index (κ2) is 10.8. The number of anilines is 1. The number of Topliss-reactive ketones (excluding diaryl/α,β-unsaturated/α-hetero) is 1. The first-order chi connectivity index (χ1) is 16.8. The van der Waals surface area contributed by atoms with E-state index in [0.717, 1.165) is 37.9 Å². The highest BCUT2D eigenvalue weighted by molar-refractivity contribution is 6.30. The van der Waals surface area contributed by atoms with Crippen LogP contribution in [0.25, 0.3) is 0 Å². The molecule has 0 saturated carbocycles. The minimum absolute atomic E-state index is 0.0634. The van der Waals surface area contributed by atoms with Crippen molar-refractivity contribution in [1.29, 1.82) is 5.41 Å². The average Bonchev–Trinajstić information content (AvgIpc) is 2.86. The summed E-state index contributed by atoms with van der Waals surface area (Å²) < 4.78 is 14.9. The van der Waals surface area contributed by atoms with E-state index in [0.29, 0.717) is 27.5 Å². The number of aromatic nitrogens is 1. The number of piperidine rings is 1. The fourth-order valence-corrected chi connectivity index (χ4v) is 4.26. The first-order valence-corrected chi connectivity index (χ1v) is 11.9. The zero-order chi connectivity index (χ0) is 24.9. The number of nitrogens with one attached hydrogen (secondary N) is 2. The maximum Gasteiger partial charge on any atom is 0.257 e. The van der Waals surface area contributed by atoms with Crippen molar-refractivity contribution in [3.8, 4) is 0 Å². The van der Waals surface area contributed by atoms with E-state index in [2.05, 4.69) is 10.3 Å². The van der Waals surface area contributed by atoms with Crippen LogP contribution in [0.2, 0.25) is 5.02 Å². The summed E-state index contributed by atoms with van der Waals surface area (Å²) in [5, 5.41) is 11.5. The number of aryl methyl sites for hydroxylation is 1. The van der Waals surface area contributed by atoms with Gasteiger partial charge in [0, 0.05) is 36.8 Å². The molecule has 1 fully saturated rings. The normalized spacial score (nSPS) is 13.4. The highest BCUT2D eigenvalue weighted by atomic mass is 35.5. The van der Waals surface area contributed by atoms with Gasteiger partial charge in [-0.15, -0.1) is 0 Å². The molecule has 0 bridgehead atoms. The summed E-state index contributed by atoms with van der Waals surface area (Å²) >= 11 is 5.85. The molecule has 1 aliphatic rings. The number of amides is 1. The molecular weight excluding hydrogens is 467 g/mol. The Balaban J connectivity index is 1.52. The Bertz CT molecular complexity index is 1270. The number of carbonyl (C=O) groups excluding carboxylic acids is 2. The number of likely N-dealkylation sites (tertiary alicyclic amines) is 1. The monoisotopic (exact) mass is 492 g/mol. The van der Waals surface area contributed by atoms with Crippen molar-refractivity contribution in [2.24, 2.45) is 0 Å². The number of ketones is 1. The Labute approximate surface area is 208 Å². The van der Waals surface area contributed by atoms with E-state index in [-0.39, 0.29) is 17.8 Å². The van der Waals surface area contributed by atoms with Crippen LogP contribution in [0.4, 0.5) is 10.2 Å². The lowest BCUT2D eigenvalue weighted by Gasteiger charge is -2.29. The summed E-state index contributed by atoms with van der Waals surface area (Å²) in [7, 11) is 0. The summed E-state index contributed by atoms with van der Waals surface area (Å²) in [6.07, 6.45) is 4.46. The van der Waals surface area contributed by atoms with Crippen LogP contribution in [0.3, 0.4) is 0 Å². The average molecular weight is 493 g/mol. The second-order valence-electron chi connectivity index (χ2n) is 8.67. The molecule has 0 radical (unpaired) electrons. The summed E-state index contributed by atoms with van der Waals surface area (Å²) in [4.78, 5) is 31.9. The molecule has 8 heteroatoms. The summed E-state index contributed by atoms with van der Waals surface area (Å²) in [6, 6.07) is 12.7. The summed E-state index contributed by atoms with van der Waals surface area (Å²) in [5.74, 6) is -0.928. The third-order valence-electron chi connectivity index (χ3n) is 6.05. The predicted molar refractivity (Wildman–Crippen MR) is 135 cm³/mol. The summed E-state index contributed by atoms with van der Waals surface area (Å²) in [5.41, 5.74) is 2.04. The van der Waals surface area contributed by atoms with Crippen LogP contribution < -0.4 is 5.32 Å². The molecule has 3 aromatic rings. The maximum atomic E-state index is 14.9. The lowest BCUT2D eigenvalue weighted by atomic mass is 9.95. The highest BCUT2D eigenvalue weighted by Gasteiger charge is 2.20. The second-order valence-corrected chi connectivity index (χ2v) is 9.10. The number of halogens is 2. The third kappa shape index (κ3) is 5.92. The Morgan fingerprint density at radius 3 is 2.51 bits per heavy atom. The van der Waals surface area contributed by atoms with E-state index < -0.39 is 17.5 Å². The molecular formula is C27H26ClFN4O2. The van der Waals surface area contributed by atoms with Crippen LogP contribution in [0.1, 0.15) is 56.7 Å². The van der Waals surface area contributed by atoms with E-state index in [1.54, 1.807) is 36.4 Å². The van der Waals surface area contributed by atoms with Gasteiger partial charge in [-0.1, -0.05) is 35.4 Å². The summed E-state index contributed by atoms with van der Waals surface area (Å²) in [6.45, 7) is 3.41. The van der Waals surface area contributed by atoms with Gasteiger partial charge < -0.3 is 10.2 Å². The molecule has 4 rings (SSSR count). The van der Waals surface area contributed by atoms with E-state index in [4.69, 9.17) is 17.0 Å². The van der Waals surface area contributed by atoms with Crippen LogP contribution in [-0.4, -0.2) is 40.5 Å². The number of nitrogens with zero attached hydrogens (tertiary/aromatic N) is 2. The van der Waals surface area contributed by atoms with E-state index >= 15 is 0 Å². The molecule has 1 aliphatic heterocycles. The van der Waals surface area contributed by atoms with Crippen LogP contribution >= 0.6 is 11.6 Å². The van der Waals surface area contributed by atoms with Gasteiger partial charge in [-0.25, -0.2) is 9.37 Å². The van der Waals surface area contributed by atoms with Gasteiger partial charge in [0.15, 0.2) is 5.78 Å². The molecule has 2 heterocycles. The van der Waals surface area contributed by atoms with Crippen molar-refractivity contribution < 1.29 is 14.0 Å². The quantitative estimate of drug-likeness (QED) is 0.263. The number of rotatable bonds is 6. The lowest BCUT2D eigenvalue weighted by molar-refractivity contribution is 0.0988. The van der Waals surface area contributed by atoms with Crippen molar-refractivity contribution in [3.05, 3.63) is 93.4 Å².